The van der Waals surface area contributed by atoms with Crippen molar-refractivity contribution in [1.29, 1.82) is 0 Å². The molecule has 1 aromatic carbocycles. The highest BCUT2D eigenvalue weighted by Gasteiger charge is 2.30. The monoisotopic (exact) mass is 375 g/mol. The molecule has 26 heavy (non-hydrogen) atoms. The molecule has 1 aliphatic rings. The molecule has 2 aromatic rings. The highest BCUT2D eigenvalue weighted by Crippen LogP contribution is 2.10. The predicted molar refractivity (Wildman–Crippen MR) is 101 cm³/mol. The Morgan fingerprint density at radius 3 is 2.88 bits per heavy atom. The SMILES string of the molecule is CCOC(=O)[C@H]1CCC[NH+](Cn2nc(C)n(Cc3ccccc3)c2=S)C1. The lowest BCUT2D eigenvalue weighted by Crippen LogP contribution is -3.13. The van der Waals surface area contributed by atoms with Gasteiger partial charge in [-0.15, -0.1) is 0 Å². The Labute approximate surface area is 159 Å². The lowest BCUT2D eigenvalue weighted by molar-refractivity contribution is -0.930. The van der Waals surface area contributed by atoms with Crippen LogP contribution in [0.15, 0.2) is 30.3 Å². The Hall–Kier alpha value is -1.99. The number of aromatic nitrogens is 3. The van der Waals surface area contributed by atoms with Gasteiger partial charge in [0.1, 0.15) is 11.7 Å². The highest BCUT2D eigenvalue weighted by molar-refractivity contribution is 7.71. The molecule has 3 rings (SSSR count). The Bertz CT molecular complexity index is 800. The van der Waals surface area contributed by atoms with Gasteiger partial charge in [-0.25, -0.2) is 0 Å². The number of hydrogen-bond donors (Lipinski definition) is 1. The molecule has 1 aromatic heterocycles. The van der Waals surface area contributed by atoms with Gasteiger partial charge in [0.15, 0.2) is 6.67 Å². The fourth-order valence-corrected chi connectivity index (χ4v) is 3.87. The van der Waals surface area contributed by atoms with Gasteiger partial charge in [-0.2, -0.15) is 9.78 Å². The number of esters is 1. The average molecular weight is 376 g/mol. The number of benzene rings is 1. The zero-order valence-corrected chi connectivity index (χ0v) is 16.3. The van der Waals surface area contributed by atoms with Crippen LogP contribution < -0.4 is 4.90 Å². The summed E-state index contributed by atoms with van der Waals surface area (Å²) in [6.45, 7) is 7.52. The van der Waals surface area contributed by atoms with Gasteiger partial charge in [-0.3, -0.25) is 9.36 Å². The van der Waals surface area contributed by atoms with E-state index < -0.39 is 0 Å². The van der Waals surface area contributed by atoms with Crippen molar-refractivity contribution >= 4 is 18.2 Å². The predicted octanol–water partition coefficient (Wildman–Crippen LogP) is 1.59. The number of aryl methyl sites for hydroxylation is 1. The number of piperidine rings is 1. The third-order valence-corrected chi connectivity index (χ3v) is 5.33. The van der Waals surface area contributed by atoms with E-state index in [4.69, 9.17) is 17.0 Å². The molecular weight excluding hydrogens is 348 g/mol. The molecular formula is C19H27N4O2S+. The minimum Gasteiger partial charge on any atom is -0.466 e. The molecule has 2 atom stereocenters. The smallest absolute Gasteiger partial charge is 0.314 e. The second-order valence-corrected chi connectivity index (χ2v) is 7.22. The fraction of sp³-hybridized carbons (Fsp3) is 0.526. The molecule has 7 heteroatoms. The van der Waals surface area contributed by atoms with Crippen molar-refractivity contribution < 1.29 is 14.4 Å². The van der Waals surface area contributed by atoms with Crippen LogP contribution in [0.3, 0.4) is 0 Å². The summed E-state index contributed by atoms with van der Waals surface area (Å²) in [5.74, 6) is 0.830. The van der Waals surface area contributed by atoms with Crippen molar-refractivity contribution in [3.63, 3.8) is 0 Å². The zero-order valence-electron chi connectivity index (χ0n) is 15.5. The molecule has 140 valence electrons. The first kappa shape index (κ1) is 18.8. The number of nitrogens with zero attached hydrogens (tertiary/aromatic N) is 3. The van der Waals surface area contributed by atoms with E-state index in [1.807, 2.05) is 36.7 Å². The van der Waals surface area contributed by atoms with Gasteiger partial charge in [0.25, 0.3) is 0 Å². The standard InChI is InChI=1S/C19H26N4O2S/c1-3-25-18(24)17-10-7-11-21(13-17)14-23-19(26)22(15(2)20-23)12-16-8-5-4-6-9-16/h4-6,8-9,17H,3,7,10-14H2,1-2H3/p+1/t17-/m0/s1. The second-order valence-electron chi connectivity index (χ2n) is 6.85. The van der Waals surface area contributed by atoms with Crippen molar-refractivity contribution in [2.45, 2.75) is 39.9 Å². The molecule has 0 amide bonds. The maximum Gasteiger partial charge on any atom is 0.314 e. The van der Waals surface area contributed by atoms with Crippen LogP contribution in [-0.2, 0) is 22.7 Å². The summed E-state index contributed by atoms with van der Waals surface area (Å²) in [4.78, 5) is 13.4. The molecule has 0 spiro atoms. The first-order valence-electron chi connectivity index (χ1n) is 9.27. The van der Waals surface area contributed by atoms with Gasteiger partial charge in [-0.05, 0) is 44.5 Å². The molecule has 1 unspecified atom stereocenters. The van der Waals surface area contributed by atoms with E-state index in [0.29, 0.717) is 13.3 Å². The van der Waals surface area contributed by atoms with Crippen LogP contribution in [0.1, 0.15) is 31.2 Å². The average Bonchev–Trinajstić information content (AvgIpc) is 2.90. The van der Waals surface area contributed by atoms with Crippen molar-refractivity contribution in [2.75, 3.05) is 19.7 Å². The van der Waals surface area contributed by atoms with Gasteiger partial charge in [0, 0.05) is 0 Å². The minimum absolute atomic E-state index is 0.0135. The third kappa shape index (κ3) is 4.40. The van der Waals surface area contributed by atoms with E-state index in [2.05, 4.69) is 21.8 Å². The first-order valence-corrected chi connectivity index (χ1v) is 9.67. The number of carbonyl (C=O) groups excluding carboxylic acids is 1. The number of ether oxygens (including phenoxy) is 1. The molecule has 1 aliphatic heterocycles. The van der Waals surface area contributed by atoms with Crippen LogP contribution in [-0.4, -0.2) is 40.0 Å². The summed E-state index contributed by atoms with van der Waals surface area (Å²) in [7, 11) is 0. The number of nitrogens with one attached hydrogen (secondary N) is 1. The molecule has 1 saturated heterocycles. The molecule has 2 heterocycles. The molecule has 0 saturated carbocycles. The number of likely N-dealkylation sites (tertiary alicyclic amines) is 1. The Balaban J connectivity index is 1.69. The van der Waals surface area contributed by atoms with Crippen molar-refractivity contribution in [1.82, 2.24) is 14.3 Å². The minimum atomic E-state index is -0.0703. The summed E-state index contributed by atoms with van der Waals surface area (Å²) in [5.41, 5.74) is 1.21. The number of carbonyl (C=O) groups is 1. The summed E-state index contributed by atoms with van der Waals surface area (Å²) in [6, 6.07) is 10.3. The van der Waals surface area contributed by atoms with E-state index in [-0.39, 0.29) is 11.9 Å². The number of rotatable bonds is 6. The first-order chi connectivity index (χ1) is 12.6. The number of quaternary nitrogens is 1. The summed E-state index contributed by atoms with van der Waals surface area (Å²) >= 11 is 5.66. The molecule has 1 fully saturated rings. The quantitative estimate of drug-likeness (QED) is 0.615. The molecule has 0 bridgehead atoms. The number of hydrogen-bond acceptors (Lipinski definition) is 4. The summed E-state index contributed by atoms with van der Waals surface area (Å²) in [5, 5.41) is 4.65. The van der Waals surface area contributed by atoms with Crippen LogP contribution in [0.4, 0.5) is 0 Å². The van der Waals surface area contributed by atoms with Crippen LogP contribution in [0, 0.1) is 17.6 Å². The van der Waals surface area contributed by atoms with E-state index in [1.54, 1.807) is 0 Å². The van der Waals surface area contributed by atoms with Crippen LogP contribution in [0.5, 0.6) is 0 Å². The lowest BCUT2D eigenvalue weighted by atomic mass is 9.99. The largest absolute Gasteiger partial charge is 0.466 e. The molecule has 0 aliphatic carbocycles. The van der Waals surface area contributed by atoms with Crippen molar-refractivity contribution in [3.8, 4) is 0 Å². The lowest BCUT2D eigenvalue weighted by Gasteiger charge is -2.28. The molecule has 0 radical (unpaired) electrons. The Kier molecular flexibility index (Phi) is 6.21. The third-order valence-electron chi connectivity index (χ3n) is 4.90. The van der Waals surface area contributed by atoms with Crippen molar-refractivity contribution in [2.24, 2.45) is 5.92 Å². The maximum absolute atomic E-state index is 12.0. The summed E-state index contributed by atoms with van der Waals surface area (Å²) < 4.78 is 9.89. The van der Waals surface area contributed by atoms with Crippen molar-refractivity contribution in [3.05, 3.63) is 46.5 Å². The van der Waals surface area contributed by atoms with E-state index in [1.165, 1.54) is 10.5 Å². The van der Waals surface area contributed by atoms with Gasteiger partial charge in [-0.1, -0.05) is 30.3 Å². The molecule has 6 nitrogen and oxygen atoms in total. The van der Waals surface area contributed by atoms with Gasteiger partial charge < -0.3 is 9.64 Å². The fourth-order valence-electron chi connectivity index (χ4n) is 3.57. The Morgan fingerprint density at radius 2 is 2.15 bits per heavy atom. The van der Waals surface area contributed by atoms with Gasteiger partial charge in [0.05, 0.1) is 26.2 Å². The second kappa shape index (κ2) is 8.60. The topological polar surface area (TPSA) is 53.5 Å². The normalized spacial score (nSPS) is 20.1. The van der Waals surface area contributed by atoms with Crippen LogP contribution >= 0.6 is 12.2 Å². The van der Waals surface area contributed by atoms with Crippen LogP contribution in [0.25, 0.3) is 0 Å². The van der Waals surface area contributed by atoms with Gasteiger partial charge in [0.2, 0.25) is 4.77 Å². The van der Waals surface area contributed by atoms with Crippen LogP contribution in [0.2, 0.25) is 0 Å². The van der Waals surface area contributed by atoms with E-state index in [0.717, 1.165) is 43.1 Å². The van der Waals surface area contributed by atoms with E-state index in [9.17, 15) is 4.79 Å². The highest BCUT2D eigenvalue weighted by atomic mass is 32.1. The summed E-state index contributed by atoms with van der Waals surface area (Å²) in [6.07, 6.45) is 1.94. The molecule has 1 N–H and O–H groups in total. The Morgan fingerprint density at radius 1 is 1.38 bits per heavy atom. The maximum atomic E-state index is 12.0. The zero-order chi connectivity index (χ0) is 18.5. The van der Waals surface area contributed by atoms with E-state index >= 15 is 0 Å². The van der Waals surface area contributed by atoms with Gasteiger partial charge >= 0.3 is 5.97 Å².